The second-order valence-corrected chi connectivity index (χ2v) is 5.65. The van der Waals surface area contributed by atoms with Crippen molar-refractivity contribution < 1.29 is 19.4 Å². The van der Waals surface area contributed by atoms with Crippen LogP contribution in [0.2, 0.25) is 0 Å². The molecule has 1 N–H and O–H groups in total. The number of halogens is 1. The molecule has 0 saturated heterocycles. The van der Waals surface area contributed by atoms with Crippen molar-refractivity contribution in [2.45, 2.75) is 32.9 Å². The molecule has 0 saturated carbocycles. The van der Waals surface area contributed by atoms with Crippen LogP contribution in [-0.2, 0) is 4.79 Å². The summed E-state index contributed by atoms with van der Waals surface area (Å²) in [5.74, 6) is -1.00. The lowest BCUT2D eigenvalue weighted by Crippen LogP contribution is -2.40. The van der Waals surface area contributed by atoms with Crippen molar-refractivity contribution in [1.29, 1.82) is 0 Å². The van der Waals surface area contributed by atoms with Crippen LogP contribution < -0.4 is 4.74 Å². The van der Waals surface area contributed by atoms with E-state index in [2.05, 4.69) is 15.9 Å². The normalized spacial score (nSPS) is 12.1. The van der Waals surface area contributed by atoms with Crippen molar-refractivity contribution >= 4 is 27.8 Å². The highest BCUT2D eigenvalue weighted by Crippen LogP contribution is 2.26. The summed E-state index contributed by atoms with van der Waals surface area (Å²) in [5.41, 5.74) is 0.345. The minimum absolute atomic E-state index is 0.0851. The minimum Gasteiger partial charge on any atom is -0.490 e. The summed E-state index contributed by atoms with van der Waals surface area (Å²) in [6, 6.07) is 4.14. The summed E-state index contributed by atoms with van der Waals surface area (Å²) in [7, 11) is 1.46. The Morgan fingerprint density at radius 2 is 1.90 bits per heavy atom. The van der Waals surface area contributed by atoms with Gasteiger partial charge in [-0.1, -0.05) is 15.9 Å². The Bertz CT molecular complexity index is 516. The lowest BCUT2D eigenvalue weighted by Gasteiger charge is -2.23. The van der Waals surface area contributed by atoms with E-state index in [1.54, 1.807) is 18.2 Å². The third-order valence-electron chi connectivity index (χ3n) is 2.80. The number of ether oxygens (including phenoxy) is 1. The van der Waals surface area contributed by atoms with Crippen LogP contribution in [0.1, 0.15) is 31.1 Å². The molecule has 1 unspecified atom stereocenters. The standard InChI is InChI=1S/C14H18BrNO4/c1-8(2)20-12-7-10(15)5-6-11(12)13(17)16(4)9(3)14(18)19/h5-9H,1-4H3,(H,18,19). The topological polar surface area (TPSA) is 66.8 Å². The summed E-state index contributed by atoms with van der Waals surface area (Å²) in [4.78, 5) is 24.5. The van der Waals surface area contributed by atoms with Gasteiger partial charge in [-0.2, -0.15) is 0 Å². The Balaban J connectivity index is 3.12. The van der Waals surface area contributed by atoms with Crippen molar-refractivity contribution in [3.8, 4) is 5.75 Å². The zero-order valence-corrected chi connectivity index (χ0v) is 13.5. The van der Waals surface area contributed by atoms with E-state index in [1.807, 2.05) is 13.8 Å². The number of hydrogen-bond acceptors (Lipinski definition) is 3. The molecule has 1 rings (SSSR count). The molecule has 20 heavy (non-hydrogen) atoms. The molecule has 0 bridgehead atoms. The molecule has 0 aromatic heterocycles. The van der Waals surface area contributed by atoms with E-state index < -0.39 is 12.0 Å². The van der Waals surface area contributed by atoms with Gasteiger partial charge in [0.05, 0.1) is 11.7 Å². The van der Waals surface area contributed by atoms with Gasteiger partial charge in [-0.05, 0) is 39.0 Å². The Kier molecular flexibility index (Phi) is 5.56. The fourth-order valence-corrected chi connectivity index (χ4v) is 1.90. The summed E-state index contributed by atoms with van der Waals surface area (Å²) in [6.07, 6.45) is -0.0851. The average Bonchev–Trinajstić information content (AvgIpc) is 2.35. The molecule has 1 atom stereocenters. The second-order valence-electron chi connectivity index (χ2n) is 4.74. The first kappa shape index (κ1) is 16.5. The smallest absolute Gasteiger partial charge is 0.326 e. The fraction of sp³-hybridized carbons (Fsp3) is 0.429. The highest BCUT2D eigenvalue weighted by Gasteiger charge is 2.25. The zero-order chi connectivity index (χ0) is 15.4. The molecule has 0 heterocycles. The van der Waals surface area contributed by atoms with Crippen LogP contribution in [0.3, 0.4) is 0 Å². The Hall–Kier alpha value is -1.56. The number of benzene rings is 1. The number of nitrogens with zero attached hydrogens (tertiary/aromatic N) is 1. The van der Waals surface area contributed by atoms with Crippen molar-refractivity contribution in [1.82, 2.24) is 4.90 Å². The third-order valence-corrected chi connectivity index (χ3v) is 3.29. The first-order valence-electron chi connectivity index (χ1n) is 6.20. The summed E-state index contributed by atoms with van der Waals surface area (Å²) in [6.45, 7) is 5.18. The predicted octanol–water partition coefficient (Wildman–Crippen LogP) is 2.78. The van der Waals surface area contributed by atoms with Gasteiger partial charge < -0.3 is 14.7 Å². The number of carboxylic acid groups (broad SMARTS) is 1. The summed E-state index contributed by atoms with van der Waals surface area (Å²) < 4.78 is 6.40. The maximum Gasteiger partial charge on any atom is 0.326 e. The molecule has 5 nitrogen and oxygen atoms in total. The number of amides is 1. The molecule has 0 radical (unpaired) electrons. The molecule has 1 amide bonds. The lowest BCUT2D eigenvalue weighted by atomic mass is 10.1. The van der Waals surface area contributed by atoms with Gasteiger partial charge in [0.15, 0.2) is 0 Å². The van der Waals surface area contributed by atoms with Gasteiger partial charge in [0, 0.05) is 11.5 Å². The van der Waals surface area contributed by atoms with E-state index in [1.165, 1.54) is 18.9 Å². The van der Waals surface area contributed by atoms with Gasteiger partial charge in [0.25, 0.3) is 5.91 Å². The third kappa shape index (κ3) is 3.96. The molecule has 6 heteroatoms. The maximum atomic E-state index is 12.4. The van der Waals surface area contributed by atoms with Crippen molar-refractivity contribution in [2.24, 2.45) is 0 Å². The molecule has 0 aliphatic rings. The van der Waals surface area contributed by atoms with E-state index >= 15 is 0 Å². The molecule has 0 aliphatic heterocycles. The molecule has 110 valence electrons. The van der Waals surface area contributed by atoms with Crippen LogP contribution >= 0.6 is 15.9 Å². The molecule has 0 fully saturated rings. The van der Waals surface area contributed by atoms with Gasteiger partial charge in [0.2, 0.25) is 0 Å². The Morgan fingerprint density at radius 3 is 2.40 bits per heavy atom. The monoisotopic (exact) mass is 343 g/mol. The van der Waals surface area contributed by atoms with Gasteiger partial charge >= 0.3 is 5.97 Å². The van der Waals surface area contributed by atoms with Crippen LogP contribution in [0.4, 0.5) is 0 Å². The second kappa shape index (κ2) is 6.74. The van der Waals surface area contributed by atoms with Crippen LogP contribution in [0.5, 0.6) is 5.75 Å². The number of carboxylic acids is 1. The molecule has 0 spiro atoms. The van der Waals surface area contributed by atoms with Gasteiger partial charge in [-0.25, -0.2) is 4.79 Å². The zero-order valence-electron chi connectivity index (χ0n) is 11.9. The molecule has 1 aromatic rings. The average molecular weight is 344 g/mol. The SMILES string of the molecule is CC(C)Oc1cc(Br)ccc1C(=O)N(C)C(C)C(=O)O. The maximum absolute atomic E-state index is 12.4. The highest BCUT2D eigenvalue weighted by molar-refractivity contribution is 9.10. The van der Waals surface area contributed by atoms with Crippen LogP contribution in [-0.4, -0.2) is 41.1 Å². The number of hydrogen-bond donors (Lipinski definition) is 1. The number of likely N-dealkylation sites (N-methyl/N-ethyl adjacent to an activating group) is 1. The van der Waals surface area contributed by atoms with Crippen molar-refractivity contribution in [3.05, 3.63) is 28.2 Å². The number of carbonyl (C=O) groups is 2. The Morgan fingerprint density at radius 1 is 1.30 bits per heavy atom. The van der Waals surface area contributed by atoms with E-state index in [4.69, 9.17) is 9.84 Å². The first-order chi connectivity index (χ1) is 9.23. The van der Waals surface area contributed by atoms with Gasteiger partial charge in [-0.15, -0.1) is 0 Å². The molecule has 1 aromatic carbocycles. The Labute approximate surface area is 126 Å². The number of rotatable bonds is 5. The van der Waals surface area contributed by atoms with Crippen LogP contribution in [0.15, 0.2) is 22.7 Å². The van der Waals surface area contributed by atoms with E-state index in [9.17, 15) is 9.59 Å². The van der Waals surface area contributed by atoms with E-state index in [0.717, 1.165) is 4.47 Å². The predicted molar refractivity (Wildman–Crippen MR) is 79.1 cm³/mol. The van der Waals surface area contributed by atoms with Crippen LogP contribution in [0.25, 0.3) is 0 Å². The summed E-state index contributed by atoms with van der Waals surface area (Å²) >= 11 is 3.33. The number of carbonyl (C=O) groups excluding carboxylic acids is 1. The first-order valence-corrected chi connectivity index (χ1v) is 6.99. The fourth-order valence-electron chi connectivity index (χ4n) is 1.56. The van der Waals surface area contributed by atoms with Crippen molar-refractivity contribution in [2.75, 3.05) is 7.05 Å². The lowest BCUT2D eigenvalue weighted by molar-refractivity contribution is -0.141. The van der Waals surface area contributed by atoms with Crippen LogP contribution in [0, 0.1) is 0 Å². The van der Waals surface area contributed by atoms with Crippen molar-refractivity contribution in [3.63, 3.8) is 0 Å². The number of aliphatic carboxylic acids is 1. The molecular weight excluding hydrogens is 326 g/mol. The summed E-state index contributed by atoms with van der Waals surface area (Å²) in [5, 5.41) is 8.97. The highest BCUT2D eigenvalue weighted by atomic mass is 79.9. The van der Waals surface area contributed by atoms with E-state index in [-0.39, 0.29) is 12.0 Å². The largest absolute Gasteiger partial charge is 0.490 e. The van der Waals surface area contributed by atoms with E-state index in [0.29, 0.717) is 11.3 Å². The minimum atomic E-state index is -1.05. The molecule has 0 aliphatic carbocycles. The van der Waals surface area contributed by atoms with Gasteiger partial charge in [-0.3, -0.25) is 4.79 Å². The van der Waals surface area contributed by atoms with Gasteiger partial charge in [0.1, 0.15) is 11.8 Å². The molecular formula is C14H18BrNO4. The quantitative estimate of drug-likeness (QED) is 0.892.